The lowest BCUT2D eigenvalue weighted by atomic mass is 9.95. The minimum absolute atomic E-state index is 0.00310. The normalized spacial score (nSPS) is 23.9. The van der Waals surface area contributed by atoms with Crippen molar-refractivity contribution in [3.05, 3.63) is 0 Å². The zero-order valence-electron chi connectivity index (χ0n) is 44.9. The molecule has 1 N–H and O–H groups in total. The molecular weight excluding hydrogens is 937 g/mol. The van der Waals surface area contributed by atoms with Crippen LogP contribution in [-0.4, -0.2) is 122 Å². The van der Waals surface area contributed by atoms with Crippen molar-refractivity contribution in [1.82, 2.24) is 0 Å². The number of carbonyl (C=O) groups is 7. The summed E-state index contributed by atoms with van der Waals surface area (Å²) in [5.41, 5.74) is 0. The molecule has 2 saturated heterocycles. The summed E-state index contributed by atoms with van der Waals surface area (Å²) in [5, 5.41) is 11.6. The van der Waals surface area contributed by atoms with Crippen LogP contribution in [0.15, 0.2) is 0 Å². The molecule has 0 bridgehead atoms. The fourth-order valence-electron chi connectivity index (χ4n) is 8.32. The fraction of sp³-hybridized carbons (Fsp3) is 0.870. The zero-order chi connectivity index (χ0) is 53.1. The van der Waals surface area contributed by atoms with Gasteiger partial charge in [0.25, 0.3) is 0 Å². The van der Waals surface area contributed by atoms with E-state index in [1.54, 1.807) is 0 Å². The number of aliphatic hydroxyl groups is 1. The third kappa shape index (κ3) is 25.4. The van der Waals surface area contributed by atoms with E-state index in [0.717, 1.165) is 70.6 Å². The summed E-state index contributed by atoms with van der Waals surface area (Å²) in [4.78, 5) is 94.9. The fourth-order valence-corrected chi connectivity index (χ4v) is 8.32. The Labute approximate surface area is 429 Å². The molecule has 416 valence electrons. The van der Waals surface area contributed by atoms with Crippen LogP contribution in [0.25, 0.3) is 0 Å². The van der Waals surface area contributed by atoms with Gasteiger partial charge in [0.1, 0.15) is 31.5 Å². The van der Waals surface area contributed by atoms with Crippen LogP contribution in [0.3, 0.4) is 0 Å². The van der Waals surface area contributed by atoms with Gasteiger partial charge in [0.2, 0.25) is 0 Å². The summed E-state index contributed by atoms with van der Waals surface area (Å²) in [5.74, 6) is -4.66. The van der Waals surface area contributed by atoms with Gasteiger partial charge in [0.05, 0.1) is 0 Å². The van der Waals surface area contributed by atoms with E-state index in [1.807, 2.05) is 48.5 Å². The summed E-state index contributed by atoms with van der Waals surface area (Å²) in [6, 6.07) is 0. The van der Waals surface area contributed by atoms with Gasteiger partial charge in [0.15, 0.2) is 43.1 Å². The number of ether oxygens (including phenoxy) is 10. The highest BCUT2D eigenvalue weighted by molar-refractivity contribution is 5.73. The van der Waals surface area contributed by atoms with Gasteiger partial charge in [-0.3, -0.25) is 33.6 Å². The maximum absolute atomic E-state index is 13.9. The van der Waals surface area contributed by atoms with Crippen LogP contribution in [-0.2, 0) is 80.9 Å². The van der Waals surface area contributed by atoms with Crippen LogP contribution < -0.4 is 0 Å². The Balaban J connectivity index is 2.93. The van der Waals surface area contributed by atoms with Crippen LogP contribution in [0.1, 0.15) is 228 Å². The maximum atomic E-state index is 13.9. The third-order valence-electron chi connectivity index (χ3n) is 12.5. The molecule has 2 heterocycles. The number of aliphatic hydroxyl groups excluding tert-OH is 1. The van der Waals surface area contributed by atoms with Crippen molar-refractivity contribution in [3.8, 4) is 0 Å². The second-order valence-corrected chi connectivity index (χ2v) is 19.0. The van der Waals surface area contributed by atoms with Crippen molar-refractivity contribution in [2.24, 2.45) is 0 Å². The molecule has 0 radical (unpaired) electrons. The molecule has 2 aliphatic rings. The Kier molecular flexibility index (Phi) is 34.5. The molecular formula is C54H92O18. The number of rotatable bonds is 39. The van der Waals surface area contributed by atoms with Crippen molar-refractivity contribution in [2.75, 3.05) is 13.2 Å². The van der Waals surface area contributed by atoms with Crippen LogP contribution in [0.2, 0.25) is 0 Å². The van der Waals surface area contributed by atoms with Crippen LogP contribution in [0.5, 0.6) is 0 Å². The molecule has 0 unspecified atom stereocenters. The first-order valence-corrected chi connectivity index (χ1v) is 27.7. The molecule has 2 rings (SSSR count). The molecule has 0 aromatic heterocycles. The van der Waals surface area contributed by atoms with Crippen LogP contribution in [0.4, 0.5) is 0 Å². The van der Waals surface area contributed by atoms with E-state index >= 15 is 0 Å². The van der Waals surface area contributed by atoms with E-state index in [1.165, 1.54) is 0 Å². The third-order valence-corrected chi connectivity index (χ3v) is 12.5. The average Bonchev–Trinajstić information content (AvgIpc) is 3.34. The summed E-state index contributed by atoms with van der Waals surface area (Å²) in [6.07, 6.45) is -2.07. The average molecular weight is 1030 g/mol. The number of esters is 7. The molecule has 10 atom stereocenters. The summed E-state index contributed by atoms with van der Waals surface area (Å²) in [7, 11) is 0. The minimum Gasteiger partial charge on any atom is -0.463 e. The van der Waals surface area contributed by atoms with E-state index in [4.69, 9.17) is 47.4 Å². The van der Waals surface area contributed by atoms with Gasteiger partial charge >= 0.3 is 41.8 Å². The van der Waals surface area contributed by atoms with E-state index in [2.05, 4.69) is 0 Å². The van der Waals surface area contributed by atoms with Crippen molar-refractivity contribution in [1.29, 1.82) is 0 Å². The molecule has 18 heteroatoms. The first-order valence-electron chi connectivity index (χ1n) is 27.7. The Morgan fingerprint density at radius 3 is 0.958 bits per heavy atom. The smallest absolute Gasteiger partial charge is 0.306 e. The number of carbonyl (C=O) groups excluding carboxylic acids is 7. The monoisotopic (exact) mass is 1030 g/mol. The van der Waals surface area contributed by atoms with Gasteiger partial charge < -0.3 is 52.5 Å². The van der Waals surface area contributed by atoms with E-state index in [0.29, 0.717) is 64.2 Å². The summed E-state index contributed by atoms with van der Waals surface area (Å²) >= 11 is 0. The predicted octanol–water partition coefficient (Wildman–Crippen LogP) is 9.52. The van der Waals surface area contributed by atoms with E-state index in [9.17, 15) is 38.7 Å². The number of unbranched alkanes of at least 4 members (excludes halogenated alkanes) is 14. The minimum atomic E-state index is -1.91. The van der Waals surface area contributed by atoms with Gasteiger partial charge in [-0.25, -0.2) is 0 Å². The quantitative estimate of drug-likeness (QED) is 0.0343. The lowest BCUT2D eigenvalue weighted by molar-refractivity contribution is -0.357. The second kappa shape index (κ2) is 38.7. The first kappa shape index (κ1) is 64.2. The first-order chi connectivity index (χ1) is 34.8. The predicted molar refractivity (Wildman–Crippen MR) is 265 cm³/mol. The highest BCUT2D eigenvalue weighted by Gasteiger charge is 2.57. The Morgan fingerprint density at radius 2 is 0.611 bits per heavy atom. The highest BCUT2D eigenvalue weighted by Crippen LogP contribution is 2.36. The Morgan fingerprint density at radius 1 is 0.333 bits per heavy atom. The lowest BCUT2D eigenvalue weighted by Gasteiger charge is -2.48. The van der Waals surface area contributed by atoms with Crippen molar-refractivity contribution in [2.45, 2.75) is 290 Å². The van der Waals surface area contributed by atoms with Gasteiger partial charge in [-0.05, 0) is 44.9 Å². The van der Waals surface area contributed by atoms with Gasteiger partial charge in [-0.1, -0.05) is 138 Å². The number of hydrogen-bond donors (Lipinski definition) is 1. The molecule has 0 aliphatic carbocycles. The van der Waals surface area contributed by atoms with Gasteiger partial charge in [-0.15, -0.1) is 0 Å². The Hall–Kier alpha value is -3.87. The zero-order valence-corrected chi connectivity index (χ0v) is 44.9. The number of hydrogen-bond acceptors (Lipinski definition) is 18. The van der Waals surface area contributed by atoms with E-state index in [-0.39, 0.29) is 44.9 Å². The van der Waals surface area contributed by atoms with Crippen molar-refractivity contribution >= 4 is 41.8 Å². The molecule has 0 amide bonds. The topological polar surface area (TPSA) is 232 Å². The van der Waals surface area contributed by atoms with Crippen LogP contribution in [0, 0.1) is 0 Å². The molecule has 0 saturated carbocycles. The largest absolute Gasteiger partial charge is 0.463 e. The second-order valence-electron chi connectivity index (χ2n) is 19.0. The van der Waals surface area contributed by atoms with E-state index < -0.39 is 116 Å². The van der Waals surface area contributed by atoms with Crippen LogP contribution >= 0.6 is 0 Å². The van der Waals surface area contributed by atoms with Gasteiger partial charge in [-0.2, -0.15) is 0 Å². The molecule has 2 fully saturated rings. The highest BCUT2D eigenvalue weighted by atomic mass is 16.8. The standard InChI is InChI=1S/C54H92O18/c1-8-15-22-29-40(55)63-36-38-48(49(68-43(58)32-25-18-11-4)51(53(62)65-38)70-45(60)34-27-20-13-6)72-54-52(71-46(61)35-28-21-14-7)50(69-44(59)33-26-19-12-5)47(67-42(57)31-24-17-10-3)39(66-54)37-64-41(56)30-23-16-9-2/h38-39,47-54,62H,8-37H2,1-7H3/t38-,39-,47-,48-,49+,50+,51-,52-,53-,54+/m1/s1. The molecule has 0 aromatic carbocycles. The molecule has 72 heavy (non-hydrogen) atoms. The lowest BCUT2D eigenvalue weighted by Crippen LogP contribution is -2.67. The van der Waals surface area contributed by atoms with Crippen molar-refractivity contribution < 1.29 is 86.0 Å². The summed E-state index contributed by atoms with van der Waals surface area (Å²) < 4.78 is 61.4. The Bertz CT molecular complexity index is 1560. The SMILES string of the molecule is CCCCCC(=O)OC[C@H]1O[C@@H](O)[C@H](OC(=O)CCCCC)[C@@H](OC(=O)CCCCC)[C@@H]1O[C@@H]1O[C@H](COC(=O)CCCCC)[C@@H](OC(=O)CCCCC)[C@H](OC(=O)CCCCC)[C@H]1OC(=O)CCCCC. The molecule has 0 aromatic rings. The molecule has 18 nitrogen and oxygen atoms in total. The van der Waals surface area contributed by atoms with Gasteiger partial charge in [0, 0.05) is 44.9 Å². The van der Waals surface area contributed by atoms with Crippen molar-refractivity contribution in [3.63, 3.8) is 0 Å². The molecule has 2 aliphatic heterocycles. The summed E-state index contributed by atoms with van der Waals surface area (Å²) in [6.45, 7) is 12.8. The maximum Gasteiger partial charge on any atom is 0.306 e. The molecule has 0 spiro atoms.